The maximum absolute atomic E-state index is 14.0. The number of hydrogen-bond acceptors (Lipinski definition) is 7. The predicted octanol–water partition coefficient (Wildman–Crippen LogP) is 0.374. The third-order valence-electron chi connectivity index (χ3n) is 19.9. The van der Waals surface area contributed by atoms with Gasteiger partial charge in [0.2, 0.25) is 0 Å². The Morgan fingerprint density at radius 2 is 1.16 bits per heavy atom. The van der Waals surface area contributed by atoms with Crippen molar-refractivity contribution in [3.8, 4) is 0 Å². The maximum atomic E-state index is 14.0. The van der Waals surface area contributed by atoms with Crippen molar-refractivity contribution in [1.29, 1.82) is 0 Å². The van der Waals surface area contributed by atoms with Crippen LogP contribution in [0.4, 0.5) is 17.1 Å². The van der Waals surface area contributed by atoms with E-state index in [1.165, 1.54) is 30.5 Å². The largest absolute Gasteiger partial charge is 1.00 e. The van der Waals surface area contributed by atoms with Gasteiger partial charge >= 0.3 is 11.9 Å². The van der Waals surface area contributed by atoms with Crippen molar-refractivity contribution in [2.24, 2.45) is 56.7 Å². The normalized spacial score (nSPS) is 32.2. The van der Waals surface area contributed by atoms with Crippen molar-refractivity contribution < 1.29 is 74.6 Å². The molecule has 3 aromatic heterocycles. The molecule has 5 fully saturated rings. The van der Waals surface area contributed by atoms with Gasteiger partial charge in [0, 0.05) is 120 Å². The summed E-state index contributed by atoms with van der Waals surface area (Å²) >= 11 is 0. The summed E-state index contributed by atoms with van der Waals surface area (Å²) in [5.41, 5.74) is 4.91. The third kappa shape index (κ3) is 10.0. The van der Waals surface area contributed by atoms with Gasteiger partial charge in [0.1, 0.15) is 6.10 Å². The molecule has 5 saturated carbocycles. The zero-order valence-electron chi connectivity index (χ0n) is 44.7. The lowest BCUT2D eigenvalue weighted by Gasteiger charge is -2.73. The number of anilines is 3. The molecule has 0 spiro atoms. The molecule has 0 aliphatic heterocycles. The molecule has 0 aromatic carbocycles. The van der Waals surface area contributed by atoms with Gasteiger partial charge in [-0.2, -0.15) is 9.13 Å². The minimum absolute atomic E-state index is 0. The van der Waals surface area contributed by atoms with Gasteiger partial charge in [0.15, 0.2) is 43.7 Å². The van der Waals surface area contributed by atoms with E-state index in [1.54, 1.807) is 0 Å². The zero-order chi connectivity index (χ0) is 48.4. The van der Waals surface area contributed by atoms with Crippen LogP contribution in [0.1, 0.15) is 125 Å². The quantitative estimate of drug-likeness (QED) is 0.140. The lowest BCUT2D eigenvalue weighted by molar-refractivity contribution is -0.707. The van der Waals surface area contributed by atoms with Gasteiger partial charge in [-0.05, 0) is 116 Å². The number of pyridine rings is 3. The van der Waals surface area contributed by atoms with Crippen molar-refractivity contribution in [3.05, 3.63) is 85.7 Å². The van der Waals surface area contributed by atoms with Crippen LogP contribution in [0.15, 0.2) is 85.7 Å². The van der Waals surface area contributed by atoms with Crippen LogP contribution in [0.5, 0.6) is 0 Å². The fourth-order valence-corrected chi connectivity index (χ4v) is 15.6. The van der Waals surface area contributed by atoms with Crippen molar-refractivity contribution in [3.63, 3.8) is 0 Å². The second-order valence-corrected chi connectivity index (χ2v) is 24.0. The first-order chi connectivity index (χ1) is 31.6. The number of allylic oxidation sites excluding steroid dienone is 1. The van der Waals surface area contributed by atoms with Crippen LogP contribution in [-0.2, 0) is 25.6 Å². The Balaban J connectivity index is 0.00000304. The average Bonchev–Trinajstić information content (AvgIpc) is 3.69. The highest BCUT2D eigenvalue weighted by molar-refractivity contribution is 5.72. The van der Waals surface area contributed by atoms with Gasteiger partial charge < -0.3 is 66.0 Å². The number of nitrogens with zero attached hydrogens (tertiary/aromatic N) is 6. The van der Waals surface area contributed by atoms with Crippen LogP contribution < -0.4 is 70.2 Å². The molecule has 5 aliphatic rings. The molecule has 388 valence electrons. The van der Waals surface area contributed by atoms with Crippen LogP contribution in [0.2, 0.25) is 0 Å². The highest BCUT2D eigenvalue weighted by Gasteiger charge is 2.71. The summed E-state index contributed by atoms with van der Waals surface area (Å²) in [7, 11) is 12.3. The number of carbonyl (C=O) groups is 2. The van der Waals surface area contributed by atoms with Crippen LogP contribution in [-0.4, -0.2) is 66.9 Å². The van der Waals surface area contributed by atoms with E-state index in [0.717, 1.165) is 62.9 Å². The average molecular weight is 1070 g/mol. The summed E-state index contributed by atoms with van der Waals surface area (Å²) in [6, 6.07) is 11.8. The van der Waals surface area contributed by atoms with Crippen molar-refractivity contribution in [2.45, 2.75) is 137 Å². The van der Waals surface area contributed by atoms with E-state index in [2.05, 4.69) is 117 Å². The molecule has 8 rings (SSSR count). The van der Waals surface area contributed by atoms with Gasteiger partial charge in [-0.15, -0.1) is 0 Å². The van der Waals surface area contributed by atoms with E-state index < -0.39 is 12.1 Å². The SMILES string of the molecule is C=C(C[n+]1ccc(N(C)C)cc1)[C@@H]1CC[C@]2(COC(=O)C(C)[n+]3ccc(N(C)C)cc3)CC[C@]3(C)[C@H](CC[C@@H]4[C@@]5(C)CC[C@H](OC(=O)C(C)[n+]6ccc(N(C)C)cc6)C(C)(C)[C@@H]5CC[C@]43C)[C@@H]12.[Br-].[Cl-].[Cl-]. The Labute approximate surface area is 444 Å². The molecule has 3 heterocycles. The summed E-state index contributed by atoms with van der Waals surface area (Å²) < 4.78 is 19.4. The molecular formula is C57H85BrCl2N6O4. The molecule has 0 N–H and O–H groups in total. The molecule has 3 aromatic rings. The number of ether oxygens (including phenoxy) is 2. The van der Waals surface area contributed by atoms with E-state index in [9.17, 15) is 9.59 Å². The molecule has 13 heteroatoms. The molecule has 0 saturated heterocycles. The van der Waals surface area contributed by atoms with E-state index in [4.69, 9.17) is 16.1 Å². The molecule has 0 radical (unpaired) electrons. The van der Waals surface area contributed by atoms with E-state index >= 15 is 0 Å². The molecule has 5 aliphatic carbocycles. The minimum atomic E-state index is -0.412. The smallest absolute Gasteiger partial charge is 0.375 e. The Morgan fingerprint density at radius 1 is 0.643 bits per heavy atom. The summed E-state index contributed by atoms with van der Waals surface area (Å²) in [5, 5.41) is 0. The number of fused-ring (bicyclic) bond motifs is 7. The highest BCUT2D eigenvalue weighted by Crippen LogP contribution is 2.77. The first-order valence-electron chi connectivity index (χ1n) is 25.6. The lowest BCUT2D eigenvalue weighted by atomic mass is 9.32. The molecule has 12 atom stereocenters. The fourth-order valence-electron chi connectivity index (χ4n) is 15.6. The van der Waals surface area contributed by atoms with Crippen molar-refractivity contribution in [1.82, 2.24) is 0 Å². The highest BCUT2D eigenvalue weighted by atomic mass is 79.9. The van der Waals surface area contributed by atoms with Crippen LogP contribution >= 0.6 is 0 Å². The Kier molecular flexibility index (Phi) is 17.7. The molecular weight excluding hydrogens is 983 g/mol. The Hall–Kier alpha value is -3.41. The number of carbonyl (C=O) groups excluding carboxylic acids is 2. The standard InChI is InChI=1S/C57H85N6O4.BrH.2ClH/c1-39(37-61-31-20-42(21-32-61)58(9)10)45-17-28-57(38-66-51(64)40(2)62-33-22-43(23-34-62)59(11)12)30-29-55(7)46(50(45)57)15-16-48-54(6)26-19-49(53(4,5)47(54)18-27-56(48,55)8)67-52(65)41(3)63-35-24-44(25-36-63)60(13)14;;;/h20-25,31-36,40-41,45-50H,1,15-19,26-30,37-38H2,2-14H3;3*1H/q+3;;;/p-3/t40?,41?,45-,46+,47-,48+,49-,50+,54-,55+,56+,57+;;;/m0.../s1. The van der Waals surface area contributed by atoms with Crippen LogP contribution in [0.3, 0.4) is 0 Å². The molecule has 2 unspecified atom stereocenters. The van der Waals surface area contributed by atoms with Crippen molar-refractivity contribution in [2.75, 3.05) is 63.6 Å². The summed E-state index contributed by atoms with van der Waals surface area (Å²) in [5.74, 6) is 2.01. The fraction of sp³-hybridized carbons (Fsp3) is 0.667. The lowest BCUT2D eigenvalue weighted by Crippen LogP contribution is -3.00. The number of hydrogen-bond donors (Lipinski definition) is 0. The van der Waals surface area contributed by atoms with E-state index in [-0.39, 0.29) is 86.9 Å². The third-order valence-corrected chi connectivity index (χ3v) is 19.9. The summed E-state index contributed by atoms with van der Waals surface area (Å²) in [6.45, 7) is 22.9. The van der Waals surface area contributed by atoms with Gasteiger partial charge in [-0.1, -0.05) is 41.2 Å². The van der Waals surface area contributed by atoms with E-state index in [1.807, 2.05) is 76.0 Å². The minimum Gasteiger partial charge on any atom is -1.00 e. The second-order valence-electron chi connectivity index (χ2n) is 24.0. The van der Waals surface area contributed by atoms with Gasteiger partial charge in [-0.25, -0.2) is 14.2 Å². The Morgan fingerprint density at radius 3 is 1.69 bits per heavy atom. The number of rotatable bonds is 13. The monoisotopic (exact) mass is 1070 g/mol. The number of esters is 2. The van der Waals surface area contributed by atoms with Gasteiger partial charge in [0.05, 0.1) is 6.61 Å². The van der Waals surface area contributed by atoms with Gasteiger partial charge in [-0.3, -0.25) is 0 Å². The van der Waals surface area contributed by atoms with Crippen LogP contribution in [0.25, 0.3) is 0 Å². The zero-order valence-corrected chi connectivity index (χ0v) is 47.8. The van der Waals surface area contributed by atoms with Gasteiger partial charge in [0.25, 0.3) is 12.1 Å². The first-order valence-corrected chi connectivity index (χ1v) is 25.6. The summed E-state index contributed by atoms with van der Waals surface area (Å²) in [4.78, 5) is 34.2. The topological polar surface area (TPSA) is 74.0 Å². The van der Waals surface area contributed by atoms with E-state index in [0.29, 0.717) is 36.2 Å². The first kappa shape index (κ1) is 57.5. The predicted molar refractivity (Wildman–Crippen MR) is 266 cm³/mol. The molecule has 0 bridgehead atoms. The van der Waals surface area contributed by atoms with Crippen LogP contribution in [0, 0.1) is 56.7 Å². The van der Waals surface area contributed by atoms with Crippen molar-refractivity contribution >= 4 is 29.0 Å². The molecule has 10 nitrogen and oxygen atoms in total. The second kappa shape index (κ2) is 21.6. The Bertz CT molecular complexity index is 2300. The number of aromatic nitrogens is 3. The summed E-state index contributed by atoms with van der Waals surface area (Å²) in [6.07, 6.45) is 23.4. The maximum Gasteiger partial charge on any atom is 0.375 e. The molecule has 0 amide bonds. The molecule has 70 heavy (non-hydrogen) atoms. The number of halogens is 3.